The second kappa shape index (κ2) is 15.9. The van der Waals surface area contributed by atoms with Crippen molar-refractivity contribution in [2.24, 2.45) is 0 Å². The quantitative estimate of drug-likeness (QED) is 0.0862. The van der Waals surface area contributed by atoms with E-state index >= 15 is 0 Å². The standard InChI is InChI=1S/C34H29Cl2N3O5S/c1-3-29(33(42)38-27-18-8-7-16-25(27)34(43)44-2)45-24-15-10-14-23(20-24)37-32(41)28(19-22-13-9-17-26(35)30(22)36)39-31(40)21-11-5-4-6-12-21/h4-20,29H,3H2,1-2H3,(H,37,41)(H,38,42)(H,39,40)/b28-19+. The van der Waals surface area contributed by atoms with Gasteiger partial charge in [-0.15, -0.1) is 11.8 Å². The van der Waals surface area contributed by atoms with Crippen LogP contribution in [0.3, 0.4) is 0 Å². The smallest absolute Gasteiger partial charge is 0.339 e. The summed E-state index contributed by atoms with van der Waals surface area (Å²) in [6, 6.07) is 27.1. The van der Waals surface area contributed by atoms with Gasteiger partial charge in [0.2, 0.25) is 5.91 Å². The predicted octanol–water partition coefficient (Wildman–Crippen LogP) is 7.70. The number of hydrogen-bond acceptors (Lipinski definition) is 6. The topological polar surface area (TPSA) is 114 Å². The minimum atomic E-state index is -0.596. The maximum atomic E-state index is 13.5. The average Bonchev–Trinajstić information content (AvgIpc) is 3.05. The fourth-order valence-electron chi connectivity index (χ4n) is 4.16. The van der Waals surface area contributed by atoms with E-state index in [2.05, 4.69) is 16.0 Å². The molecule has 0 spiro atoms. The Balaban J connectivity index is 1.53. The van der Waals surface area contributed by atoms with E-state index in [0.29, 0.717) is 38.8 Å². The summed E-state index contributed by atoms with van der Waals surface area (Å²) in [5.41, 5.74) is 1.79. The molecule has 0 aliphatic heterocycles. The second-order valence-corrected chi connectivity index (χ2v) is 11.6. The number of amides is 3. The number of hydrogen-bond donors (Lipinski definition) is 3. The maximum absolute atomic E-state index is 13.5. The summed E-state index contributed by atoms with van der Waals surface area (Å²) in [6.45, 7) is 1.88. The lowest BCUT2D eigenvalue weighted by molar-refractivity contribution is -0.116. The van der Waals surface area contributed by atoms with Gasteiger partial charge in [0.25, 0.3) is 11.8 Å². The molecule has 0 aliphatic carbocycles. The van der Waals surface area contributed by atoms with Gasteiger partial charge in [0.05, 0.1) is 33.7 Å². The molecule has 4 aromatic carbocycles. The molecule has 3 N–H and O–H groups in total. The van der Waals surface area contributed by atoms with Crippen molar-refractivity contribution in [3.05, 3.63) is 129 Å². The third-order valence-electron chi connectivity index (χ3n) is 6.43. The summed E-state index contributed by atoms with van der Waals surface area (Å²) >= 11 is 13.8. The van der Waals surface area contributed by atoms with Gasteiger partial charge in [0.1, 0.15) is 5.70 Å². The minimum absolute atomic E-state index is 0.0545. The summed E-state index contributed by atoms with van der Waals surface area (Å²) in [5.74, 6) is -1.92. The van der Waals surface area contributed by atoms with E-state index in [1.165, 1.54) is 24.9 Å². The molecule has 0 aromatic heterocycles. The van der Waals surface area contributed by atoms with Crippen LogP contribution in [-0.4, -0.2) is 36.1 Å². The predicted molar refractivity (Wildman–Crippen MR) is 180 cm³/mol. The SMILES string of the molecule is CCC(Sc1cccc(NC(=O)/C(=C\c2cccc(Cl)c2Cl)NC(=O)c2ccccc2)c1)C(=O)Nc1ccccc1C(=O)OC. The number of thioether (sulfide) groups is 1. The molecule has 11 heteroatoms. The highest BCUT2D eigenvalue weighted by Gasteiger charge is 2.22. The number of methoxy groups -OCH3 is 1. The molecular formula is C34H29Cl2N3O5S. The van der Waals surface area contributed by atoms with Gasteiger partial charge < -0.3 is 20.7 Å². The van der Waals surface area contributed by atoms with Crippen molar-refractivity contribution >= 4 is 76.1 Å². The zero-order valence-corrected chi connectivity index (χ0v) is 26.6. The average molecular weight is 663 g/mol. The normalized spacial score (nSPS) is 11.7. The van der Waals surface area contributed by atoms with Crippen LogP contribution in [0.1, 0.15) is 39.6 Å². The molecule has 0 bridgehead atoms. The van der Waals surface area contributed by atoms with Gasteiger partial charge in [-0.25, -0.2) is 4.79 Å². The number of carbonyl (C=O) groups is 4. The third kappa shape index (κ3) is 8.98. The summed E-state index contributed by atoms with van der Waals surface area (Å²) in [6.07, 6.45) is 1.94. The van der Waals surface area contributed by atoms with E-state index in [0.717, 1.165) is 0 Å². The maximum Gasteiger partial charge on any atom is 0.339 e. The monoisotopic (exact) mass is 661 g/mol. The van der Waals surface area contributed by atoms with Crippen LogP contribution in [0.5, 0.6) is 0 Å². The van der Waals surface area contributed by atoms with Gasteiger partial charge in [0, 0.05) is 16.1 Å². The molecule has 0 aliphatic rings. The van der Waals surface area contributed by atoms with E-state index in [9.17, 15) is 19.2 Å². The van der Waals surface area contributed by atoms with Crippen molar-refractivity contribution in [1.29, 1.82) is 0 Å². The first kappa shape index (κ1) is 33.3. The molecule has 0 saturated carbocycles. The fraction of sp³-hybridized carbons (Fsp3) is 0.118. The molecule has 45 heavy (non-hydrogen) atoms. The number of halogens is 2. The van der Waals surface area contributed by atoms with E-state index in [1.54, 1.807) is 91.0 Å². The molecule has 0 heterocycles. The van der Waals surface area contributed by atoms with Crippen LogP contribution in [0.15, 0.2) is 108 Å². The fourth-order valence-corrected chi connectivity index (χ4v) is 5.53. The first-order valence-corrected chi connectivity index (χ1v) is 15.4. The second-order valence-electron chi connectivity index (χ2n) is 9.54. The zero-order chi connectivity index (χ0) is 32.3. The minimum Gasteiger partial charge on any atom is -0.465 e. The zero-order valence-electron chi connectivity index (χ0n) is 24.3. The number of carbonyl (C=O) groups excluding carboxylic acids is 4. The van der Waals surface area contributed by atoms with E-state index in [-0.39, 0.29) is 22.2 Å². The molecule has 8 nitrogen and oxygen atoms in total. The van der Waals surface area contributed by atoms with Crippen molar-refractivity contribution in [3.8, 4) is 0 Å². The number of para-hydroxylation sites is 1. The molecule has 3 amide bonds. The van der Waals surface area contributed by atoms with Crippen LogP contribution in [0.25, 0.3) is 6.08 Å². The number of nitrogens with one attached hydrogen (secondary N) is 3. The number of ether oxygens (including phenoxy) is 1. The van der Waals surface area contributed by atoms with E-state index < -0.39 is 23.0 Å². The number of benzene rings is 4. The van der Waals surface area contributed by atoms with E-state index in [4.69, 9.17) is 27.9 Å². The van der Waals surface area contributed by atoms with Crippen LogP contribution in [-0.2, 0) is 14.3 Å². The number of esters is 1. The Morgan fingerprint density at radius 1 is 0.867 bits per heavy atom. The van der Waals surface area contributed by atoms with Crippen LogP contribution >= 0.6 is 35.0 Å². The largest absolute Gasteiger partial charge is 0.465 e. The molecule has 4 rings (SSSR count). The molecular weight excluding hydrogens is 633 g/mol. The Morgan fingerprint density at radius 3 is 2.31 bits per heavy atom. The number of anilines is 2. The van der Waals surface area contributed by atoms with Gasteiger partial charge in [0.15, 0.2) is 0 Å². The van der Waals surface area contributed by atoms with Crippen LogP contribution in [0.2, 0.25) is 10.0 Å². The Kier molecular flexibility index (Phi) is 11.8. The first-order valence-electron chi connectivity index (χ1n) is 13.8. The van der Waals surface area contributed by atoms with Crippen molar-refractivity contribution in [2.45, 2.75) is 23.5 Å². The number of rotatable bonds is 11. The molecule has 1 unspecified atom stereocenters. The Morgan fingerprint density at radius 2 is 1.58 bits per heavy atom. The summed E-state index contributed by atoms with van der Waals surface area (Å²) in [5, 5.41) is 8.34. The lowest BCUT2D eigenvalue weighted by Crippen LogP contribution is -2.30. The highest BCUT2D eigenvalue weighted by atomic mass is 35.5. The molecule has 1 atom stereocenters. The summed E-state index contributed by atoms with van der Waals surface area (Å²) in [4.78, 5) is 52.5. The molecule has 0 saturated heterocycles. The molecule has 4 aromatic rings. The van der Waals surface area contributed by atoms with Gasteiger partial charge >= 0.3 is 5.97 Å². The van der Waals surface area contributed by atoms with Crippen LogP contribution < -0.4 is 16.0 Å². The lowest BCUT2D eigenvalue weighted by atomic mass is 10.1. The van der Waals surface area contributed by atoms with Gasteiger partial charge in [-0.1, -0.05) is 78.7 Å². The third-order valence-corrected chi connectivity index (χ3v) is 8.63. The molecule has 230 valence electrons. The summed E-state index contributed by atoms with van der Waals surface area (Å²) < 4.78 is 4.82. The Bertz CT molecular complexity index is 1750. The van der Waals surface area contributed by atoms with Crippen molar-refractivity contribution in [1.82, 2.24) is 5.32 Å². The van der Waals surface area contributed by atoms with Crippen LogP contribution in [0, 0.1) is 0 Å². The van der Waals surface area contributed by atoms with E-state index in [1.807, 2.05) is 13.0 Å². The van der Waals surface area contributed by atoms with Crippen LogP contribution in [0.4, 0.5) is 11.4 Å². The van der Waals surface area contributed by atoms with Gasteiger partial charge in [-0.2, -0.15) is 0 Å². The Hall–Kier alpha value is -4.57. The summed E-state index contributed by atoms with van der Waals surface area (Å²) in [7, 11) is 1.28. The van der Waals surface area contributed by atoms with Gasteiger partial charge in [-0.3, -0.25) is 14.4 Å². The molecule has 0 radical (unpaired) electrons. The van der Waals surface area contributed by atoms with Crippen molar-refractivity contribution < 1.29 is 23.9 Å². The highest BCUT2D eigenvalue weighted by Crippen LogP contribution is 2.30. The lowest BCUT2D eigenvalue weighted by Gasteiger charge is -2.17. The van der Waals surface area contributed by atoms with Crippen molar-refractivity contribution in [2.75, 3.05) is 17.7 Å². The first-order chi connectivity index (χ1) is 21.7. The molecule has 0 fully saturated rings. The Labute approximate surface area is 275 Å². The highest BCUT2D eigenvalue weighted by molar-refractivity contribution is 8.00. The van der Waals surface area contributed by atoms with Crippen molar-refractivity contribution in [3.63, 3.8) is 0 Å². The van der Waals surface area contributed by atoms with Gasteiger partial charge in [-0.05, 0) is 66.6 Å².